The number of aromatic nitrogens is 4. The number of anilines is 2. The summed E-state index contributed by atoms with van der Waals surface area (Å²) < 4.78 is 2.05. The standard InChI is InChI=1S/C25H23ClN6O2/c26-18-3-1-2-16(8-18)20-9-21(20)25(33)32(34)24-10-22(28-14-29-24)27-11-19-13-31-12-17(15-4-5-15)6-7-23(31)30-19/h1-3,6-8,10,12-15,20-21,34H,4-5,9,11H2,(H,27,28,29). The fourth-order valence-corrected chi connectivity index (χ4v) is 4.59. The first-order chi connectivity index (χ1) is 16.5. The molecule has 1 amide bonds. The van der Waals surface area contributed by atoms with Crippen LogP contribution in [0.1, 0.15) is 47.9 Å². The van der Waals surface area contributed by atoms with Gasteiger partial charge in [-0.2, -0.15) is 5.06 Å². The van der Waals surface area contributed by atoms with Gasteiger partial charge in [0.2, 0.25) is 0 Å². The fraction of sp³-hybridized carbons (Fsp3) is 0.280. The average molecular weight is 475 g/mol. The predicted molar refractivity (Wildman–Crippen MR) is 128 cm³/mol. The SMILES string of the molecule is O=C(C1CC1c1cccc(Cl)c1)N(O)c1cc(NCc2cn3cc(C4CC4)ccc3n2)ncn1. The number of benzene rings is 1. The number of nitrogens with one attached hydrogen (secondary N) is 1. The van der Waals surface area contributed by atoms with E-state index in [-0.39, 0.29) is 23.6 Å². The van der Waals surface area contributed by atoms with Crippen molar-refractivity contribution in [3.63, 3.8) is 0 Å². The minimum absolute atomic E-state index is 0.0516. The van der Waals surface area contributed by atoms with Crippen molar-refractivity contribution in [3.05, 3.63) is 83.0 Å². The van der Waals surface area contributed by atoms with Crippen LogP contribution in [0.25, 0.3) is 5.65 Å². The summed E-state index contributed by atoms with van der Waals surface area (Å²) in [5.74, 6) is 0.678. The zero-order chi connectivity index (χ0) is 23.2. The van der Waals surface area contributed by atoms with Gasteiger partial charge in [0.15, 0.2) is 5.82 Å². The van der Waals surface area contributed by atoms with Gasteiger partial charge in [0.1, 0.15) is 17.8 Å². The summed E-state index contributed by atoms with van der Waals surface area (Å²) in [5.41, 5.74) is 4.12. The van der Waals surface area contributed by atoms with Crippen LogP contribution in [0.2, 0.25) is 5.02 Å². The van der Waals surface area contributed by atoms with Gasteiger partial charge in [-0.15, -0.1) is 0 Å². The molecule has 2 aliphatic rings. The molecule has 6 rings (SSSR count). The van der Waals surface area contributed by atoms with Crippen LogP contribution in [-0.2, 0) is 11.3 Å². The number of hydrogen-bond acceptors (Lipinski definition) is 6. The normalized spacial score (nSPS) is 19.2. The summed E-state index contributed by atoms with van der Waals surface area (Å²) in [4.78, 5) is 25.7. The molecular formula is C25H23ClN6O2. The number of pyridine rings is 1. The first-order valence-corrected chi connectivity index (χ1v) is 11.7. The van der Waals surface area contributed by atoms with Crippen LogP contribution in [0.4, 0.5) is 11.6 Å². The Morgan fingerprint density at radius 2 is 2.03 bits per heavy atom. The van der Waals surface area contributed by atoms with E-state index in [9.17, 15) is 10.0 Å². The van der Waals surface area contributed by atoms with Crippen molar-refractivity contribution < 1.29 is 10.0 Å². The summed E-state index contributed by atoms with van der Waals surface area (Å²) in [6.45, 7) is 0.454. The molecule has 34 heavy (non-hydrogen) atoms. The number of amides is 1. The van der Waals surface area contributed by atoms with Crippen LogP contribution >= 0.6 is 11.6 Å². The fourth-order valence-electron chi connectivity index (χ4n) is 4.39. The van der Waals surface area contributed by atoms with Gasteiger partial charge in [-0.3, -0.25) is 10.0 Å². The van der Waals surface area contributed by atoms with Crippen molar-refractivity contribution in [2.45, 2.75) is 37.6 Å². The summed E-state index contributed by atoms with van der Waals surface area (Å²) >= 11 is 6.06. The molecule has 0 radical (unpaired) electrons. The lowest BCUT2D eigenvalue weighted by Gasteiger charge is -2.14. The molecule has 2 atom stereocenters. The molecule has 2 aliphatic carbocycles. The van der Waals surface area contributed by atoms with E-state index in [0.717, 1.165) is 16.9 Å². The van der Waals surface area contributed by atoms with Gasteiger partial charge in [-0.05, 0) is 60.4 Å². The van der Waals surface area contributed by atoms with Gasteiger partial charge in [-0.25, -0.2) is 15.0 Å². The summed E-state index contributed by atoms with van der Waals surface area (Å²) in [6, 6.07) is 13.2. The first-order valence-electron chi connectivity index (χ1n) is 11.4. The minimum Gasteiger partial charge on any atom is -0.364 e. The molecule has 9 heteroatoms. The van der Waals surface area contributed by atoms with E-state index in [0.29, 0.717) is 34.8 Å². The number of halogens is 1. The van der Waals surface area contributed by atoms with Crippen LogP contribution in [0.5, 0.6) is 0 Å². The second-order valence-corrected chi connectivity index (χ2v) is 9.44. The molecule has 3 heterocycles. The molecule has 0 saturated heterocycles. The Morgan fingerprint density at radius 1 is 1.15 bits per heavy atom. The second-order valence-electron chi connectivity index (χ2n) is 9.00. The molecule has 2 N–H and O–H groups in total. The molecule has 2 saturated carbocycles. The second kappa shape index (κ2) is 8.38. The monoisotopic (exact) mass is 474 g/mol. The van der Waals surface area contributed by atoms with E-state index in [2.05, 4.69) is 36.9 Å². The van der Waals surface area contributed by atoms with E-state index >= 15 is 0 Å². The Morgan fingerprint density at radius 3 is 2.85 bits per heavy atom. The van der Waals surface area contributed by atoms with Crippen molar-refractivity contribution in [1.82, 2.24) is 19.4 Å². The zero-order valence-corrected chi connectivity index (χ0v) is 19.1. The van der Waals surface area contributed by atoms with Gasteiger partial charge >= 0.3 is 0 Å². The van der Waals surface area contributed by atoms with Crippen LogP contribution < -0.4 is 10.4 Å². The molecule has 4 aromatic rings. The number of nitrogens with zero attached hydrogens (tertiary/aromatic N) is 5. The Bertz CT molecular complexity index is 1380. The van der Waals surface area contributed by atoms with E-state index in [1.807, 2.05) is 30.5 Å². The largest absolute Gasteiger partial charge is 0.364 e. The van der Waals surface area contributed by atoms with Crippen molar-refractivity contribution in [2.75, 3.05) is 10.4 Å². The topological polar surface area (TPSA) is 95.7 Å². The van der Waals surface area contributed by atoms with Gasteiger partial charge in [-0.1, -0.05) is 29.8 Å². The first kappa shape index (κ1) is 21.1. The number of imidazole rings is 1. The van der Waals surface area contributed by atoms with Gasteiger partial charge in [0.05, 0.1) is 12.2 Å². The average Bonchev–Trinajstić information content (AvgIpc) is 3.78. The summed E-state index contributed by atoms with van der Waals surface area (Å²) in [7, 11) is 0. The summed E-state index contributed by atoms with van der Waals surface area (Å²) in [6.07, 6.45) is 8.66. The number of rotatable bonds is 7. The maximum Gasteiger partial charge on any atom is 0.255 e. The molecule has 172 valence electrons. The highest BCUT2D eigenvalue weighted by Gasteiger charge is 2.46. The lowest BCUT2D eigenvalue weighted by Crippen LogP contribution is -2.29. The van der Waals surface area contributed by atoms with Gasteiger partial charge < -0.3 is 9.72 Å². The molecule has 3 aromatic heterocycles. The third kappa shape index (κ3) is 4.22. The van der Waals surface area contributed by atoms with Crippen LogP contribution in [0.15, 0.2) is 61.2 Å². The molecule has 2 fully saturated rings. The van der Waals surface area contributed by atoms with Crippen molar-refractivity contribution in [2.24, 2.45) is 5.92 Å². The molecule has 0 bridgehead atoms. The molecule has 2 unspecified atom stereocenters. The molecule has 1 aromatic carbocycles. The van der Waals surface area contributed by atoms with Crippen molar-refractivity contribution in [1.29, 1.82) is 0 Å². The number of carbonyl (C=O) groups is 1. The van der Waals surface area contributed by atoms with Crippen LogP contribution in [0, 0.1) is 5.92 Å². The Kier molecular flexibility index (Phi) is 5.19. The predicted octanol–water partition coefficient (Wildman–Crippen LogP) is 4.79. The minimum atomic E-state index is -0.388. The number of carbonyl (C=O) groups excluding carboxylic acids is 1. The van der Waals surface area contributed by atoms with Crippen molar-refractivity contribution in [3.8, 4) is 0 Å². The van der Waals surface area contributed by atoms with Crippen LogP contribution in [-0.4, -0.2) is 30.5 Å². The van der Waals surface area contributed by atoms with Gasteiger partial charge in [0.25, 0.3) is 5.91 Å². The molecular weight excluding hydrogens is 452 g/mol. The smallest absolute Gasteiger partial charge is 0.255 e. The van der Waals surface area contributed by atoms with Crippen molar-refractivity contribution >= 4 is 34.8 Å². The summed E-state index contributed by atoms with van der Waals surface area (Å²) in [5, 5.41) is 15.0. The van der Waals surface area contributed by atoms with Gasteiger partial charge in [0, 0.05) is 29.4 Å². The van der Waals surface area contributed by atoms with E-state index in [4.69, 9.17) is 11.6 Å². The Labute approximate surface area is 201 Å². The lowest BCUT2D eigenvalue weighted by molar-refractivity contribution is -0.125. The zero-order valence-electron chi connectivity index (χ0n) is 18.3. The third-order valence-corrected chi connectivity index (χ3v) is 6.72. The maximum absolute atomic E-state index is 12.8. The highest BCUT2D eigenvalue weighted by atomic mass is 35.5. The Balaban J connectivity index is 1.11. The quantitative estimate of drug-likeness (QED) is 0.295. The van der Waals surface area contributed by atoms with E-state index < -0.39 is 0 Å². The van der Waals surface area contributed by atoms with E-state index in [1.165, 1.54) is 24.7 Å². The third-order valence-electron chi connectivity index (χ3n) is 6.49. The van der Waals surface area contributed by atoms with E-state index in [1.54, 1.807) is 12.1 Å². The highest BCUT2D eigenvalue weighted by molar-refractivity contribution is 6.30. The highest BCUT2D eigenvalue weighted by Crippen LogP contribution is 2.49. The maximum atomic E-state index is 12.8. The number of fused-ring (bicyclic) bond motifs is 1. The molecule has 8 nitrogen and oxygen atoms in total. The lowest BCUT2D eigenvalue weighted by atomic mass is 10.1. The molecule has 0 aliphatic heterocycles. The molecule has 0 spiro atoms. The number of hydroxylamine groups is 1. The number of hydrogen-bond donors (Lipinski definition) is 2. The Hall–Kier alpha value is -3.49. The van der Waals surface area contributed by atoms with Crippen LogP contribution in [0.3, 0.4) is 0 Å².